The number of rotatable bonds is 8. The number of para-hydroxylation sites is 1. The third kappa shape index (κ3) is 5.09. The van der Waals surface area contributed by atoms with Crippen molar-refractivity contribution in [1.29, 1.82) is 0 Å². The van der Waals surface area contributed by atoms with E-state index in [0.717, 1.165) is 44.6 Å². The second-order valence-corrected chi connectivity index (χ2v) is 8.27. The van der Waals surface area contributed by atoms with Crippen molar-refractivity contribution in [3.8, 4) is 5.75 Å². The standard InChI is InChI=1S/C28H26N2O3/c1-20(27(28(2,3)33-19-31)23-14-16-29-17-15-23)21-9-12-25(13-10-21)32-18-24-11-8-22-6-4-5-7-26(22)30-24/h4-17,19H,18H2,1-3H3/b27-20+. The van der Waals surface area contributed by atoms with Gasteiger partial charge in [-0.2, -0.15) is 0 Å². The van der Waals surface area contributed by atoms with E-state index in [1.807, 2.05) is 87.5 Å². The summed E-state index contributed by atoms with van der Waals surface area (Å²) in [6, 6.07) is 23.8. The van der Waals surface area contributed by atoms with Crippen LogP contribution in [0.25, 0.3) is 22.0 Å². The lowest BCUT2D eigenvalue weighted by Crippen LogP contribution is -2.26. The third-order valence-electron chi connectivity index (χ3n) is 5.62. The molecule has 0 spiro atoms. The molecule has 33 heavy (non-hydrogen) atoms. The molecule has 2 aromatic carbocycles. The number of pyridine rings is 2. The van der Waals surface area contributed by atoms with Gasteiger partial charge < -0.3 is 9.47 Å². The molecule has 166 valence electrons. The number of hydrogen-bond acceptors (Lipinski definition) is 5. The van der Waals surface area contributed by atoms with Crippen LogP contribution < -0.4 is 4.74 Å². The molecular formula is C28H26N2O3. The lowest BCUT2D eigenvalue weighted by Gasteiger charge is -2.29. The van der Waals surface area contributed by atoms with Gasteiger partial charge in [0.2, 0.25) is 0 Å². The number of ether oxygens (including phenoxy) is 2. The number of hydrogen-bond donors (Lipinski definition) is 0. The minimum absolute atomic E-state index is 0.390. The molecule has 0 saturated carbocycles. The first-order chi connectivity index (χ1) is 16.0. The predicted octanol–water partition coefficient (Wildman–Crippen LogP) is 6.09. The Hall–Kier alpha value is -3.99. The van der Waals surface area contributed by atoms with Crippen molar-refractivity contribution in [2.75, 3.05) is 0 Å². The Morgan fingerprint density at radius 2 is 1.64 bits per heavy atom. The van der Waals surface area contributed by atoms with E-state index in [-0.39, 0.29) is 0 Å². The normalized spacial score (nSPS) is 12.2. The van der Waals surface area contributed by atoms with Gasteiger partial charge in [0.15, 0.2) is 0 Å². The fourth-order valence-electron chi connectivity index (χ4n) is 4.00. The molecule has 0 atom stereocenters. The van der Waals surface area contributed by atoms with Crippen LogP contribution in [0.1, 0.15) is 37.6 Å². The van der Waals surface area contributed by atoms with Crippen molar-refractivity contribution in [3.63, 3.8) is 0 Å². The smallest absolute Gasteiger partial charge is 0.293 e. The summed E-state index contributed by atoms with van der Waals surface area (Å²) in [6.45, 7) is 6.68. The summed E-state index contributed by atoms with van der Waals surface area (Å²) in [7, 11) is 0. The maximum atomic E-state index is 11.1. The number of benzene rings is 2. The van der Waals surface area contributed by atoms with Gasteiger partial charge in [0.05, 0.1) is 11.2 Å². The molecule has 0 fully saturated rings. The van der Waals surface area contributed by atoms with Crippen LogP contribution in [0.3, 0.4) is 0 Å². The Morgan fingerprint density at radius 1 is 0.909 bits per heavy atom. The largest absolute Gasteiger partial charge is 0.487 e. The number of aromatic nitrogens is 2. The summed E-state index contributed by atoms with van der Waals surface area (Å²) in [5, 5.41) is 1.11. The zero-order chi connectivity index (χ0) is 23.3. The minimum Gasteiger partial charge on any atom is -0.487 e. The van der Waals surface area contributed by atoms with Gasteiger partial charge in [0.1, 0.15) is 18.0 Å². The van der Waals surface area contributed by atoms with Crippen LogP contribution in [0.2, 0.25) is 0 Å². The van der Waals surface area contributed by atoms with Crippen LogP contribution in [-0.4, -0.2) is 22.0 Å². The Labute approximate surface area is 193 Å². The first-order valence-corrected chi connectivity index (χ1v) is 10.8. The van der Waals surface area contributed by atoms with Gasteiger partial charge >= 0.3 is 0 Å². The molecule has 0 N–H and O–H groups in total. The molecule has 4 rings (SSSR count). The number of nitrogens with zero attached hydrogens (tertiary/aromatic N) is 2. The van der Waals surface area contributed by atoms with Gasteiger partial charge in [0, 0.05) is 23.4 Å². The van der Waals surface area contributed by atoms with Crippen molar-refractivity contribution < 1.29 is 14.3 Å². The van der Waals surface area contributed by atoms with E-state index in [1.165, 1.54) is 0 Å². The highest BCUT2D eigenvalue weighted by Gasteiger charge is 2.28. The van der Waals surface area contributed by atoms with Gasteiger partial charge in [-0.1, -0.05) is 36.4 Å². The van der Waals surface area contributed by atoms with Gasteiger partial charge in [-0.15, -0.1) is 0 Å². The lowest BCUT2D eigenvalue weighted by atomic mass is 9.85. The Balaban J connectivity index is 1.57. The summed E-state index contributed by atoms with van der Waals surface area (Å²) in [5.41, 5.74) is 4.93. The third-order valence-corrected chi connectivity index (χ3v) is 5.62. The van der Waals surface area contributed by atoms with E-state index < -0.39 is 5.60 Å². The zero-order valence-corrected chi connectivity index (χ0v) is 19.0. The van der Waals surface area contributed by atoms with Crippen molar-refractivity contribution >= 4 is 28.5 Å². The zero-order valence-electron chi connectivity index (χ0n) is 19.0. The molecule has 0 amide bonds. The molecule has 0 saturated heterocycles. The first-order valence-electron chi connectivity index (χ1n) is 10.8. The summed E-state index contributed by atoms with van der Waals surface area (Å²) < 4.78 is 11.4. The molecule has 2 aromatic heterocycles. The molecule has 0 aliphatic heterocycles. The molecular weight excluding hydrogens is 412 g/mol. The summed E-state index contributed by atoms with van der Waals surface area (Å²) in [4.78, 5) is 19.9. The summed E-state index contributed by atoms with van der Waals surface area (Å²) in [6.07, 6.45) is 3.47. The van der Waals surface area contributed by atoms with Crippen LogP contribution in [0.5, 0.6) is 5.75 Å². The second-order valence-electron chi connectivity index (χ2n) is 8.27. The highest BCUT2D eigenvalue weighted by atomic mass is 16.5. The Kier molecular flexibility index (Phi) is 6.50. The summed E-state index contributed by atoms with van der Waals surface area (Å²) >= 11 is 0. The molecule has 2 heterocycles. The molecule has 5 nitrogen and oxygen atoms in total. The second kappa shape index (κ2) is 9.65. The number of allylic oxidation sites excluding steroid dienone is 1. The van der Waals surface area contributed by atoms with Gasteiger partial charge in [-0.3, -0.25) is 9.78 Å². The predicted molar refractivity (Wildman–Crippen MR) is 130 cm³/mol. The molecule has 0 aliphatic rings. The SMILES string of the molecule is C/C(=C(/c1ccncc1)C(C)(C)OC=O)c1ccc(OCc2ccc3ccccc3n2)cc1. The minimum atomic E-state index is -0.801. The van der Waals surface area contributed by atoms with Crippen molar-refractivity contribution in [2.24, 2.45) is 0 Å². The van der Waals surface area contributed by atoms with E-state index in [0.29, 0.717) is 13.1 Å². The molecule has 0 bridgehead atoms. The van der Waals surface area contributed by atoms with Gasteiger partial charge in [-0.25, -0.2) is 4.98 Å². The fourth-order valence-corrected chi connectivity index (χ4v) is 4.00. The first kappa shape index (κ1) is 22.2. The fraction of sp³-hybridized carbons (Fsp3) is 0.179. The molecule has 4 aromatic rings. The van der Waals surface area contributed by atoms with E-state index >= 15 is 0 Å². The molecule has 5 heteroatoms. The average Bonchev–Trinajstić information content (AvgIpc) is 2.83. The monoisotopic (exact) mass is 438 g/mol. The van der Waals surface area contributed by atoms with Crippen LogP contribution >= 0.6 is 0 Å². The van der Waals surface area contributed by atoms with Crippen LogP contribution in [0, 0.1) is 0 Å². The van der Waals surface area contributed by atoms with Gasteiger partial charge in [0.25, 0.3) is 6.47 Å². The van der Waals surface area contributed by atoms with Crippen molar-refractivity contribution in [3.05, 3.63) is 102 Å². The van der Waals surface area contributed by atoms with Crippen LogP contribution in [-0.2, 0) is 16.1 Å². The molecule has 0 unspecified atom stereocenters. The van der Waals surface area contributed by atoms with E-state index in [4.69, 9.17) is 9.47 Å². The van der Waals surface area contributed by atoms with E-state index in [2.05, 4.69) is 16.0 Å². The maximum absolute atomic E-state index is 11.1. The van der Waals surface area contributed by atoms with Crippen LogP contribution in [0.4, 0.5) is 0 Å². The molecule has 0 aliphatic carbocycles. The number of carbonyl (C=O) groups excluding carboxylic acids is 1. The van der Waals surface area contributed by atoms with Crippen molar-refractivity contribution in [2.45, 2.75) is 33.0 Å². The Bertz CT molecular complexity index is 1280. The van der Waals surface area contributed by atoms with Crippen LogP contribution in [0.15, 0.2) is 85.2 Å². The topological polar surface area (TPSA) is 61.3 Å². The van der Waals surface area contributed by atoms with Crippen molar-refractivity contribution in [1.82, 2.24) is 9.97 Å². The lowest BCUT2D eigenvalue weighted by molar-refractivity contribution is -0.135. The maximum Gasteiger partial charge on any atom is 0.293 e. The Morgan fingerprint density at radius 3 is 2.36 bits per heavy atom. The summed E-state index contributed by atoms with van der Waals surface area (Å²) in [5.74, 6) is 0.760. The average molecular weight is 439 g/mol. The van der Waals surface area contributed by atoms with Gasteiger partial charge in [-0.05, 0) is 73.9 Å². The highest BCUT2D eigenvalue weighted by molar-refractivity contribution is 5.93. The quantitative estimate of drug-likeness (QED) is 0.312. The van der Waals surface area contributed by atoms with E-state index in [9.17, 15) is 4.79 Å². The molecule has 0 radical (unpaired) electrons. The van der Waals surface area contributed by atoms with E-state index in [1.54, 1.807) is 12.4 Å². The number of fused-ring (bicyclic) bond motifs is 1. The highest BCUT2D eigenvalue weighted by Crippen LogP contribution is 2.36. The number of carbonyl (C=O) groups is 1.